The van der Waals surface area contributed by atoms with E-state index in [0.717, 1.165) is 16.0 Å². The highest BCUT2D eigenvalue weighted by Gasteiger charge is 2.00. The van der Waals surface area contributed by atoms with Gasteiger partial charge in [0.2, 0.25) is 5.13 Å². The number of hydrogen-bond acceptors (Lipinski definition) is 6. The second-order valence-corrected chi connectivity index (χ2v) is 4.03. The molecule has 0 saturated heterocycles. The Bertz CT molecular complexity index is 228. The van der Waals surface area contributed by atoms with E-state index < -0.39 is 0 Å². The molecule has 1 heterocycles. The van der Waals surface area contributed by atoms with Crippen molar-refractivity contribution in [1.82, 2.24) is 10.2 Å². The van der Waals surface area contributed by atoms with Crippen molar-refractivity contribution in [3.8, 4) is 0 Å². The molecule has 0 atom stereocenters. The first kappa shape index (κ1) is 9.76. The summed E-state index contributed by atoms with van der Waals surface area (Å²) in [7, 11) is 1.68. The number of nitrogens with zero attached hydrogens (tertiary/aromatic N) is 2. The molecule has 0 unspecified atom stereocenters. The van der Waals surface area contributed by atoms with Crippen LogP contribution in [0.2, 0.25) is 0 Å². The van der Waals surface area contributed by atoms with E-state index in [0.29, 0.717) is 6.61 Å². The van der Waals surface area contributed by atoms with Gasteiger partial charge in [0, 0.05) is 13.7 Å². The van der Waals surface area contributed by atoms with Crippen LogP contribution in [0.5, 0.6) is 0 Å². The Morgan fingerprint density at radius 2 is 2.42 bits per heavy atom. The molecule has 1 rings (SSSR count). The summed E-state index contributed by atoms with van der Waals surface area (Å²) in [6.07, 6.45) is 1.99. The number of methoxy groups -OCH3 is 1. The van der Waals surface area contributed by atoms with E-state index in [4.69, 9.17) is 4.74 Å². The smallest absolute Gasteiger partial charge is 0.206 e. The largest absolute Gasteiger partial charge is 0.383 e. The van der Waals surface area contributed by atoms with E-state index in [1.54, 1.807) is 30.2 Å². The number of anilines is 1. The third-order valence-electron chi connectivity index (χ3n) is 1.16. The first-order valence-electron chi connectivity index (χ1n) is 3.47. The highest BCUT2D eigenvalue weighted by Crippen LogP contribution is 2.22. The summed E-state index contributed by atoms with van der Waals surface area (Å²) >= 11 is 3.16. The predicted octanol–water partition coefficient (Wildman–Crippen LogP) is 1.32. The zero-order valence-corrected chi connectivity index (χ0v) is 8.67. The Morgan fingerprint density at radius 3 is 3.00 bits per heavy atom. The number of rotatable bonds is 5. The van der Waals surface area contributed by atoms with Gasteiger partial charge in [0.25, 0.3) is 0 Å². The number of ether oxygens (including phenoxy) is 1. The van der Waals surface area contributed by atoms with Gasteiger partial charge in [0.1, 0.15) is 0 Å². The van der Waals surface area contributed by atoms with Gasteiger partial charge in [-0.1, -0.05) is 23.1 Å². The van der Waals surface area contributed by atoms with Gasteiger partial charge in [0.05, 0.1) is 6.61 Å². The molecule has 0 aliphatic carbocycles. The Labute approximate surface area is 79.7 Å². The maximum absolute atomic E-state index is 4.89. The lowest BCUT2D eigenvalue weighted by Crippen LogP contribution is -2.06. The van der Waals surface area contributed by atoms with Crippen molar-refractivity contribution >= 4 is 28.2 Å². The molecule has 4 nitrogen and oxygen atoms in total. The zero-order chi connectivity index (χ0) is 8.81. The monoisotopic (exact) mass is 205 g/mol. The van der Waals surface area contributed by atoms with Crippen LogP contribution in [0.25, 0.3) is 0 Å². The minimum absolute atomic E-state index is 0.689. The maximum Gasteiger partial charge on any atom is 0.206 e. The van der Waals surface area contributed by atoms with Crippen molar-refractivity contribution in [3.05, 3.63) is 0 Å². The van der Waals surface area contributed by atoms with E-state index in [9.17, 15) is 0 Å². The second-order valence-electron chi connectivity index (χ2n) is 2.00. The van der Waals surface area contributed by atoms with Gasteiger partial charge in [-0.25, -0.2) is 0 Å². The lowest BCUT2D eigenvalue weighted by atomic mass is 10.7. The summed E-state index contributed by atoms with van der Waals surface area (Å²) in [5.41, 5.74) is 0. The topological polar surface area (TPSA) is 47.0 Å². The average molecular weight is 205 g/mol. The van der Waals surface area contributed by atoms with Crippen LogP contribution in [0.1, 0.15) is 0 Å². The number of hydrogen-bond donors (Lipinski definition) is 1. The van der Waals surface area contributed by atoms with Gasteiger partial charge in [-0.15, -0.1) is 10.2 Å². The van der Waals surface area contributed by atoms with Gasteiger partial charge in [0.15, 0.2) is 4.34 Å². The van der Waals surface area contributed by atoms with Crippen molar-refractivity contribution in [2.45, 2.75) is 4.34 Å². The van der Waals surface area contributed by atoms with Crippen LogP contribution < -0.4 is 5.32 Å². The fraction of sp³-hybridized carbons (Fsp3) is 0.667. The molecule has 68 valence electrons. The Morgan fingerprint density at radius 1 is 1.58 bits per heavy atom. The van der Waals surface area contributed by atoms with Gasteiger partial charge in [-0.3, -0.25) is 0 Å². The standard InChI is InChI=1S/C6H11N3OS2/c1-10-4-3-7-5-8-9-6(11-2)12-5/h3-4H2,1-2H3,(H,7,8). The molecular weight excluding hydrogens is 194 g/mol. The fourth-order valence-electron chi connectivity index (χ4n) is 0.624. The van der Waals surface area contributed by atoms with Crippen molar-refractivity contribution in [2.75, 3.05) is 31.8 Å². The molecule has 0 amide bonds. The van der Waals surface area contributed by atoms with Crippen molar-refractivity contribution in [3.63, 3.8) is 0 Å². The number of aromatic nitrogens is 2. The average Bonchev–Trinajstić information content (AvgIpc) is 2.53. The van der Waals surface area contributed by atoms with Gasteiger partial charge in [-0.05, 0) is 6.26 Å². The summed E-state index contributed by atoms with van der Waals surface area (Å²) in [4.78, 5) is 0. The van der Waals surface area contributed by atoms with Crippen molar-refractivity contribution < 1.29 is 4.74 Å². The Balaban J connectivity index is 2.31. The molecule has 1 aromatic rings. The van der Waals surface area contributed by atoms with Gasteiger partial charge in [-0.2, -0.15) is 0 Å². The molecule has 6 heteroatoms. The van der Waals surface area contributed by atoms with Crippen molar-refractivity contribution in [2.24, 2.45) is 0 Å². The first-order chi connectivity index (χ1) is 5.86. The number of thioether (sulfide) groups is 1. The SMILES string of the molecule is COCCNc1nnc(SC)s1. The first-order valence-corrected chi connectivity index (χ1v) is 5.51. The van der Waals surface area contributed by atoms with E-state index in [-0.39, 0.29) is 0 Å². The molecule has 0 spiro atoms. The molecule has 1 N–H and O–H groups in total. The van der Waals surface area contributed by atoms with Crippen LogP contribution in [0.4, 0.5) is 5.13 Å². The number of nitrogens with one attached hydrogen (secondary N) is 1. The molecule has 12 heavy (non-hydrogen) atoms. The normalized spacial score (nSPS) is 10.2. The maximum atomic E-state index is 4.89. The van der Waals surface area contributed by atoms with E-state index >= 15 is 0 Å². The molecule has 1 aromatic heterocycles. The molecular formula is C6H11N3OS2. The summed E-state index contributed by atoms with van der Waals surface area (Å²) in [5, 5.41) is 11.8. The zero-order valence-electron chi connectivity index (χ0n) is 7.03. The lowest BCUT2D eigenvalue weighted by molar-refractivity contribution is 0.211. The fourth-order valence-corrected chi connectivity index (χ4v) is 1.82. The van der Waals surface area contributed by atoms with E-state index in [2.05, 4.69) is 15.5 Å². The van der Waals surface area contributed by atoms with Gasteiger partial charge < -0.3 is 10.1 Å². The highest BCUT2D eigenvalue weighted by molar-refractivity contribution is 8.00. The molecule has 0 fully saturated rings. The molecule has 0 bridgehead atoms. The Hall–Kier alpha value is -0.330. The molecule has 0 aliphatic heterocycles. The van der Waals surface area contributed by atoms with E-state index in [1.165, 1.54) is 0 Å². The van der Waals surface area contributed by atoms with Crippen LogP contribution in [0.15, 0.2) is 4.34 Å². The molecule has 0 aromatic carbocycles. The highest BCUT2D eigenvalue weighted by atomic mass is 32.2. The summed E-state index contributed by atoms with van der Waals surface area (Å²) in [6.45, 7) is 1.47. The van der Waals surface area contributed by atoms with Crippen LogP contribution >= 0.6 is 23.1 Å². The molecule has 0 aliphatic rings. The summed E-state index contributed by atoms with van der Waals surface area (Å²) < 4.78 is 5.87. The Kier molecular flexibility index (Phi) is 4.34. The molecule has 0 saturated carbocycles. The van der Waals surface area contributed by atoms with Crippen molar-refractivity contribution in [1.29, 1.82) is 0 Å². The second kappa shape index (κ2) is 5.34. The lowest BCUT2D eigenvalue weighted by Gasteiger charge is -1.98. The summed E-state index contributed by atoms with van der Waals surface area (Å²) in [5.74, 6) is 0. The quantitative estimate of drug-likeness (QED) is 0.580. The molecule has 0 radical (unpaired) electrons. The third kappa shape index (κ3) is 2.96. The van der Waals surface area contributed by atoms with Crippen LogP contribution in [0.3, 0.4) is 0 Å². The summed E-state index contributed by atoms with van der Waals surface area (Å²) in [6, 6.07) is 0. The predicted molar refractivity (Wildman–Crippen MR) is 52.1 cm³/mol. The third-order valence-corrected chi connectivity index (χ3v) is 3.02. The van der Waals surface area contributed by atoms with E-state index in [1.807, 2.05) is 6.26 Å². The van der Waals surface area contributed by atoms with Crippen LogP contribution in [-0.4, -0.2) is 36.7 Å². The van der Waals surface area contributed by atoms with Crippen LogP contribution in [-0.2, 0) is 4.74 Å². The van der Waals surface area contributed by atoms with Gasteiger partial charge >= 0.3 is 0 Å². The minimum Gasteiger partial charge on any atom is -0.383 e. The van der Waals surface area contributed by atoms with Crippen LogP contribution in [0, 0.1) is 0 Å². The minimum atomic E-state index is 0.689.